The number of hydrogen-bond acceptors (Lipinski definition) is 3. The zero-order valence-electron chi connectivity index (χ0n) is 14.5. The van der Waals surface area contributed by atoms with Gasteiger partial charge in [-0.25, -0.2) is 4.79 Å². The second kappa shape index (κ2) is 7.55. The molecular weight excluding hydrogens is 308 g/mol. The Morgan fingerprint density at radius 3 is 2.58 bits per heavy atom. The van der Waals surface area contributed by atoms with E-state index in [4.69, 9.17) is 4.74 Å². The first-order chi connectivity index (χ1) is 11.4. The number of rotatable bonds is 6. The number of carboxylic acids is 1. The van der Waals surface area contributed by atoms with Crippen molar-refractivity contribution in [3.63, 3.8) is 0 Å². The van der Waals surface area contributed by atoms with Gasteiger partial charge in [-0.15, -0.1) is 0 Å². The van der Waals surface area contributed by atoms with Gasteiger partial charge in [-0.2, -0.15) is 0 Å². The third-order valence-electron chi connectivity index (χ3n) is 4.82. The number of hydrogen-bond donors (Lipinski definition) is 2. The number of urea groups is 1. The minimum atomic E-state index is -0.842. The van der Waals surface area contributed by atoms with Crippen molar-refractivity contribution in [2.45, 2.75) is 32.6 Å². The summed E-state index contributed by atoms with van der Waals surface area (Å²) >= 11 is 0. The molecule has 2 N–H and O–H groups in total. The van der Waals surface area contributed by atoms with E-state index in [9.17, 15) is 14.7 Å². The van der Waals surface area contributed by atoms with Crippen LogP contribution in [-0.4, -0.2) is 48.8 Å². The van der Waals surface area contributed by atoms with Crippen LogP contribution < -0.4 is 10.1 Å². The maximum Gasteiger partial charge on any atom is 0.317 e. The fraction of sp³-hybridized carbons (Fsp3) is 0.556. The lowest BCUT2D eigenvalue weighted by atomic mass is 9.90. The molecule has 1 aliphatic heterocycles. The summed E-state index contributed by atoms with van der Waals surface area (Å²) in [7, 11) is 1.64. The normalized spacial score (nSPS) is 21.4. The van der Waals surface area contributed by atoms with E-state index in [0.717, 1.165) is 12.2 Å². The first kappa shape index (κ1) is 18.1. The van der Waals surface area contributed by atoms with Crippen LogP contribution in [0.5, 0.6) is 5.75 Å². The molecule has 1 aliphatic rings. The number of likely N-dealkylation sites (tertiary alicyclic amines) is 1. The van der Waals surface area contributed by atoms with Crippen molar-refractivity contribution >= 4 is 12.0 Å². The molecule has 6 nitrogen and oxygen atoms in total. The Morgan fingerprint density at radius 2 is 2.04 bits per heavy atom. The van der Waals surface area contributed by atoms with E-state index >= 15 is 0 Å². The van der Waals surface area contributed by atoms with E-state index in [2.05, 4.69) is 12.2 Å². The molecule has 2 rings (SSSR count). The molecule has 6 heteroatoms. The first-order valence-corrected chi connectivity index (χ1v) is 8.26. The number of amides is 2. The molecule has 0 radical (unpaired) electrons. The summed E-state index contributed by atoms with van der Waals surface area (Å²) in [6, 6.07) is 7.75. The second-order valence-corrected chi connectivity index (χ2v) is 6.73. The number of benzene rings is 1. The Kier molecular flexibility index (Phi) is 5.70. The molecular formula is C18H26N2O4. The summed E-state index contributed by atoms with van der Waals surface area (Å²) in [5, 5.41) is 12.1. The maximum atomic E-state index is 12.2. The van der Waals surface area contributed by atoms with Gasteiger partial charge in [0.25, 0.3) is 0 Å². The van der Waals surface area contributed by atoms with Crippen LogP contribution in [0.1, 0.15) is 38.2 Å². The van der Waals surface area contributed by atoms with Crippen molar-refractivity contribution in [3.05, 3.63) is 29.8 Å². The predicted octanol–water partition coefficient (Wildman–Crippen LogP) is 2.70. The zero-order valence-corrected chi connectivity index (χ0v) is 14.5. The quantitative estimate of drug-likeness (QED) is 0.838. The predicted molar refractivity (Wildman–Crippen MR) is 91.4 cm³/mol. The lowest BCUT2D eigenvalue weighted by molar-refractivity contribution is -0.146. The van der Waals surface area contributed by atoms with Gasteiger partial charge >= 0.3 is 12.0 Å². The van der Waals surface area contributed by atoms with Crippen molar-refractivity contribution in [2.24, 2.45) is 5.41 Å². The minimum absolute atomic E-state index is 0.179. The van der Waals surface area contributed by atoms with E-state index in [0.29, 0.717) is 25.4 Å². The Morgan fingerprint density at radius 1 is 1.38 bits per heavy atom. The number of nitrogens with zero attached hydrogens (tertiary/aromatic N) is 1. The van der Waals surface area contributed by atoms with Crippen molar-refractivity contribution in [3.8, 4) is 5.75 Å². The van der Waals surface area contributed by atoms with Crippen LogP contribution in [0, 0.1) is 5.41 Å². The Bertz CT molecular complexity index is 587. The summed E-state index contributed by atoms with van der Waals surface area (Å²) in [6.07, 6.45) is 1.32. The first-order valence-electron chi connectivity index (χ1n) is 8.26. The molecule has 24 heavy (non-hydrogen) atoms. The zero-order chi connectivity index (χ0) is 17.7. The largest absolute Gasteiger partial charge is 0.497 e. The summed E-state index contributed by atoms with van der Waals surface area (Å²) in [5.74, 6) is 0.305. The fourth-order valence-corrected chi connectivity index (χ4v) is 2.92. The number of aliphatic carboxylic acids is 1. The molecule has 0 saturated carbocycles. The third kappa shape index (κ3) is 4.19. The van der Waals surface area contributed by atoms with Gasteiger partial charge in [0.1, 0.15) is 5.75 Å². The SMILES string of the molecule is COc1ccc(C(C)CCNC(=O)N2CCC(C)(C(=O)O)C2)cc1. The molecule has 0 aromatic heterocycles. The van der Waals surface area contributed by atoms with E-state index in [1.165, 1.54) is 5.56 Å². The van der Waals surface area contributed by atoms with Gasteiger partial charge in [0.2, 0.25) is 0 Å². The minimum Gasteiger partial charge on any atom is -0.497 e. The van der Waals surface area contributed by atoms with Gasteiger partial charge < -0.3 is 20.1 Å². The smallest absolute Gasteiger partial charge is 0.317 e. The van der Waals surface area contributed by atoms with Crippen molar-refractivity contribution < 1.29 is 19.4 Å². The molecule has 1 aromatic rings. The van der Waals surface area contributed by atoms with Crippen LogP contribution in [0.3, 0.4) is 0 Å². The number of carbonyl (C=O) groups excluding carboxylic acids is 1. The third-order valence-corrected chi connectivity index (χ3v) is 4.82. The Labute approximate surface area is 142 Å². The standard InChI is InChI=1S/C18H26N2O4/c1-13(14-4-6-15(24-3)7-5-14)8-10-19-17(23)20-11-9-18(2,12-20)16(21)22/h4-7,13H,8-12H2,1-3H3,(H,19,23)(H,21,22). The highest BCUT2D eigenvalue weighted by Crippen LogP contribution is 2.30. The number of methoxy groups -OCH3 is 1. The molecule has 1 fully saturated rings. The summed E-state index contributed by atoms with van der Waals surface area (Å²) in [6.45, 7) is 5.12. The second-order valence-electron chi connectivity index (χ2n) is 6.73. The molecule has 1 saturated heterocycles. The van der Waals surface area contributed by atoms with Crippen LogP contribution in [0.4, 0.5) is 4.79 Å². The number of carboxylic acid groups (broad SMARTS) is 1. The van der Waals surface area contributed by atoms with Crippen LogP contribution >= 0.6 is 0 Å². The van der Waals surface area contributed by atoms with Crippen LogP contribution in [0.25, 0.3) is 0 Å². The number of nitrogens with one attached hydrogen (secondary N) is 1. The average molecular weight is 334 g/mol. The van der Waals surface area contributed by atoms with Gasteiger partial charge in [-0.1, -0.05) is 19.1 Å². The van der Waals surface area contributed by atoms with Gasteiger partial charge in [0.05, 0.1) is 12.5 Å². The summed E-state index contributed by atoms with van der Waals surface area (Å²) in [5.41, 5.74) is 0.373. The monoisotopic (exact) mass is 334 g/mol. The molecule has 0 spiro atoms. The molecule has 2 amide bonds. The lowest BCUT2D eigenvalue weighted by Gasteiger charge is -2.21. The molecule has 0 aliphatic carbocycles. The van der Waals surface area contributed by atoms with E-state index in [-0.39, 0.29) is 12.6 Å². The molecule has 132 valence electrons. The molecule has 2 unspecified atom stereocenters. The summed E-state index contributed by atoms with van der Waals surface area (Å²) in [4.78, 5) is 25.0. The van der Waals surface area contributed by atoms with Gasteiger partial charge in [0.15, 0.2) is 0 Å². The van der Waals surface area contributed by atoms with Gasteiger partial charge in [-0.05, 0) is 43.4 Å². The van der Waals surface area contributed by atoms with Gasteiger partial charge in [0, 0.05) is 19.6 Å². The lowest BCUT2D eigenvalue weighted by Crippen LogP contribution is -2.41. The van der Waals surface area contributed by atoms with Crippen molar-refractivity contribution in [1.82, 2.24) is 10.2 Å². The van der Waals surface area contributed by atoms with Crippen LogP contribution in [0.15, 0.2) is 24.3 Å². The number of ether oxygens (including phenoxy) is 1. The fourth-order valence-electron chi connectivity index (χ4n) is 2.92. The van der Waals surface area contributed by atoms with E-state index in [1.54, 1.807) is 18.9 Å². The Balaban J connectivity index is 1.77. The summed E-state index contributed by atoms with van der Waals surface area (Å²) < 4.78 is 5.15. The Hall–Kier alpha value is -2.24. The molecule has 1 heterocycles. The topological polar surface area (TPSA) is 78.9 Å². The molecule has 0 bridgehead atoms. The highest BCUT2D eigenvalue weighted by Gasteiger charge is 2.42. The van der Waals surface area contributed by atoms with Crippen LogP contribution in [-0.2, 0) is 4.79 Å². The average Bonchev–Trinajstić information content (AvgIpc) is 2.98. The van der Waals surface area contributed by atoms with Crippen molar-refractivity contribution in [2.75, 3.05) is 26.7 Å². The molecule has 1 aromatic carbocycles. The number of carbonyl (C=O) groups is 2. The highest BCUT2D eigenvalue weighted by atomic mass is 16.5. The maximum absolute atomic E-state index is 12.2. The van der Waals surface area contributed by atoms with Crippen molar-refractivity contribution in [1.29, 1.82) is 0 Å². The van der Waals surface area contributed by atoms with E-state index in [1.807, 2.05) is 24.3 Å². The van der Waals surface area contributed by atoms with E-state index < -0.39 is 11.4 Å². The molecule has 2 atom stereocenters. The van der Waals surface area contributed by atoms with Gasteiger partial charge in [-0.3, -0.25) is 4.79 Å². The van der Waals surface area contributed by atoms with Crippen LogP contribution in [0.2, 0.25) is 0 Å². The highest BCUT2D eigenvalue weighted by molar-refractivity contribution is 5.79.